The van der Waals surface area contributed by atoms with Crippen molar-refractivity contribution in [2.75, 3.05) is 46.4 Å². The van der Waals surface area contributed by atoms with Crippen LogP contribution in [0.5, 0.6) is 0 Å². The summed E-state index contributed by atoms with van der Waals surface area (Å²) in [5.74, 6) is -0.483. The summed E-state index contributed by atoms with van der Waals surface area (Å²) in [6.45, 7) is 3.14. The lowest BCUT2D eigenvalue weighted by atomic mass is 9.97. The molecule has 2 rings (SSSR count). The molecule has 1 saturated heterocycles. The van der Waals surface area contributed by atoms with Crippen molar-refractivity contribution in [1.82, 2.24) is 9.80 Å². The number of carbonyl (C=O) groups excluding carboxylic acids is 2. The highest BCUT2D eigenvalue weighted by atomic mass is 35.5. The molecule has 0 saturated carbocycles. The van der Waals surface area contributed by atoms with E-state index < -0.39 is 0 Å². The third kappa shape index (κ3) is 5.20. The molecule has 1 aromatic rings. The van der Waals surface area contributed by atoms with Crippen LogP contribution < -0.4 is 5.73 Å². The Labute approximate surface area is 143 Å². The average molecular weight is 342 g/mol. The zero-order valence-electron chi connectivity index (χ0n) is 13.3. The Morgan fingerprint density at radius 1 is 1.17 bits per heavy atom. The summed E-state index contributed by atoms with van der Waals surface area (Å²) >= 11 is 0. The van der Waals surface area contributed by atoms with E-state index in [4.69, 9.17) is 5.73 Å². The van der Waals surface area contributed by atoms with E-state index in [-0.39, 0.29) is 36.7 Å². The minimum Gasteiger partial charge on any atom is -0.468 e. The van der Waals surface area contributed by atoms with Gasteiger partial charge in [-0.15, -0.1) is 12.4 Å². The number of rotatable bonds is 5. The Balaban J connectivity index is 0.00000264. The number of carbonyl (C=O) groups is 2. The summed E-state index contributed by atoms with van der Waals surface area (Å²) in [5, 5.41) is 0. The van der Waals surface area contributed by atoms with Crippen LogP contribution in [0.4, 0.5) is 0 Å². The smallest absolute Gasteiger partial charge is 0.319 e. The van der Waals surface area contributed by atoms with Crippen LogP contribution in [-0.4, -0.2) is 68.1 Å². The lowest BCUT2D eigenvalue weighted by Gasteiger charge is -2.35. The molecule has 1 unspecified atom stereocenters. The summed E-state index contributed by atoms with van der Waals surface area (Å²) < 4.78 is 4.66. The normalized spacial score (nSPS) is 16.3. The molecule has 0 aromatic heterocycles. The lowest BCUT2D eigenvalue weighted by molar-refractivity contribution is -0.142. The number of hydrogen-bond donors (Lipinski definition) is 1. The van der Waals surface area contributed by atoms with Gasteiger partial charge in [-0.3, -0.25) is 14.5 Å². The topological polar surface area (TPSA) is 75.9 Å². The van der Waals surface area contributed by atoms with Crippen molar-refractivity contribution < 1.29 is 14.3 Å². The predicted molar refractivity (Wildman–Crippen MR) is 90.5 cm³/mol. The maximum absolute atomic E-state index is 12.7. The van der Waals surface area contributed by atoms with Crippen molar-refractivity contribution in [3.8, 4) is 0 Å². The highest BCUT2D eigenvalue weighted by molar-refractivity contribution is 5.85. The highest BCUT2D eigenvalue weighted by Crippen LogP contribution is 2.18. The molecule has 128 valence electrons. The maximum Gasteiger partial charge on any atom is 0.319 e. The van der Waals surface area contributed by atoms with Gasteiger partial charge in [0.15, 0.2) is 0 Å². The fraction of sp³-hybridized carbons (Fsp3) is 0.500. The van der Waals surface area contributed by atoms with Gasteiger partial charge in [0.05, 0.1) is 19.6 Å². The Kier molecular flexibility index (Phi) is 8.02. The molecule has 1 aromatic carbocycles. The van der Waals surface area contributed by atoms with Gasteiger partial charge in [-0.2, -0.15) is 0 Å². The molecular weight excluding hydrogens is 318 g/mol. The number of nitrogens with two attached hydrogens (primary N) is 1. The largest absolute Gasteiger partial charge is 0.468 e. The standard InChI is InChI=1S/C16H23N3O3.ClH/c1-22-15(20)12-18-7-9-19(10-8-18)16(21)14(11-17)13-5-3-2-4-6-13;/h2-6,14H,7-12,17H2,1H3;1H. The molecule has 1 aliphatic rings. The fourth-order valence-electron chi connectivity index (χ4n) is 2.66. The molecule has 1 fully saturated rings. The molecule has 23 heavy (non-hydrogen) atoms. The van der Waals surface area contributed by atoms with E-state index in [1.54, 1.807) is 0 Å². The first kappa shape index (κ1) is 19.4. The zero-order chi connectivity index (χ0) is 15.9. The van der Waals surface area contributed by atoms with Gasteiger partial charge in [-0.1, -0.05) is 30.3 Å². The number of esters is 1. The second kappa shape index (κ2) is 9.50. The van der Waals surface area contributed by atoms with Crippen LogP contribution in [0.1, 0.15) is 11.5 Å². The number of ether oxygens (including phenoxy) is 1. The number of nitrogens with zero attached hydrogens (tertiary/aromatic N) is 2. The van der Waals surface area contributed by atoms with Crippen LogP contribution in [-0.2, 0) is 14.3 Å². The van der Waals surface area contributed by atoms with Crippen LogP contribution in [0.2, 0.25) is 0 Å². The van der Waals surface area contributed by atoms with E-state index in [9.17, 15) is 9.59 Å². The number of piperazine rings is 1. The molecule has 0 bridgehead atoms. The van der Waals surface area contributed by atoms with Gasteiger partial charge < -0.3 is 15.4 Å². The Morgan fingerprint density at radius 3 is 2.30 bits per heavy atom. The first-order valence-corrected chi connectivity index (χ1v) is 7.48. The molecule has 7 heteroatoms. The average Bonchev–Trinajstić information content (AvgIpc) is 2.57. The molecule has 2 N–H and O–H groups in total. The van der Waals surface area contributed by atoms with Gasteiger partial charge in [0.2, 0.25) is 5.91 Å². The summed E-state index contributed by atoms with van der Waals surface area (Å²) in [6.07, 6.45) is 0. The van der Waals surface area contributed by atoms with Crippen LogP contribution in [0.25, 0.3) is 0 Å². The highest BCUT2D eigenvalue weighted by Gasteiger charge is 2.28. The van der Waals surface area contributed by atoms with Crippen LogP contribution in [0, 0.1) is 0 Å². The minimum absolute atomic E-state index is 0. The minimum atomic E-state index is -0.298. The van der Waals surface area contributed by atoms with Gasteiger partial charge in [-0.25, -0.2) is 0 Å². The fourth-order valence-corrected chi connectivity index (χ4v) is 2.66. The quantitative estimate of drug-likeness (QED) is 0.788. The first-order chi connectivity index (χ1) is 10.7. The number of methoxy groups -OCH3 is 1. The van der Waals surface area contributed by atoms with E-state index in [0.29, 0.717) is 32.7 Å². The number of amides is 1. The first-order valence-electron chi connectivity index (χ1n) is 7.48. The molecule has 1 aliphatic heterocycles. The van der Waals surface area contributed by atoms with Crippen LogP contribution >= 0.6 is 12.4 Å². The van der Waals surface area contributed by atoms with Crippen molar-refractivity contribution in [3.05, 3.63) is 35.9 Å². The monoisotopic (exact) mass is 341 g/mol. The lowest BCUT2D eigenvalue weighted by Crippen LogP contribution is -2.51. The number of benzene rings is 1. The van der Waals surface area contributed by atoms with E-state index in [1.807, 2.05) is 40.1 Å². The van der Waals surface area contributed by atoms with Gasteiger partial charge >= 0.3 is 5.97 Å². The van der Waals surface area contributed by atoms with Crippen molar-refractivity contribution in [3.63, 3.8) is 0 Å². The van der Waals surface area contributed by atoms with Crippen molar-refractivity contribution >= 4 is 24.3 Å². The summed E-state index contributed by atoms with van der Waals surface area (Å²) in [4.78, 5) is 27.8. The maximum atomic E-state index is 12.7. The predicted octanol–water partition coefficient (Wildman–Crippen LogP) is 0.468. The van der Waals surface area contributed by atoms with E-state index in [0.717, 1.165) is 5.56 Å². The third-order valence-electron chi connectivity index (χ3n) is 4.00. The Bertz CT molecular complexity index is 505. The van der Waals surface area contributed by atoms with Crippen molar-refractivity contribution in [1.29, 1.82) is 0 Å². The summed E-state index contributed by atoms with van der Waals surface area (Å²) in [5.41, 5.74) is 6.76. The molecule has 6 nitrogen and oxygen atoms in total. The second-order valence-electron chi connectivity index (χ2n) is 5.38. The summed E-state index contributed by atoms with van der Waals surface area (Å²) in [6, 6.07) is 9.62. The van der Waals surface area contributed by atoms with E-state index in [2.05, 4.69) is 4.74 Å². The van der Waals surface area contributed by atoms with Gasteiger partial charge in [0, 0.05) is 32.7 Å². The molecule has 1 atom stereocenters. The van der Waals surface area contributed by atoms with E-state index >= 15 is 0 Å². The Morgan fingerprint density at radius 2 is 1.78 bits per heavy atom. The zero-order valence-corrected chi connectivity index (χ0v) is 14.1. The number of halogens is 1. The molecular formula is C16H24ClN3O3. The summed E-state index contributed by atoms with van der Waals surface area (Å²) in [7, 11) is 1.38. The van der Waals surface area contributed by atoms with E-state index in [1.165, 1.54) is 7.11 Å². The molecule has 1 amide bonds. The third-order valence-corrected chi connectivity index (χ3v) is 4.00. The van der Waals surface area contributed by atoms with Gasteiger partial charge in [0.1, 0.15) is 0 Å². The molecule has 0 spiro atoms. The van der Waals surface area contributed by atoms with Crippen molar-refractivity contribution in [2.45, 2.75) is 5.92 Å². The van der Waals surface area contributed by atoms with Crippen molar-refractivity contribution in [2.24, 2.45) is 5.73 Å². The van der Waals surface area contributed by atoms with Crippen LogP contribution in [0.3, 0.4) is 0 Å². The van der Waals surface area contributed by atoms with Crippen LogP contribution in [0.15, 0.2) is 30.3 Å². The Hall–Kier alpha value is -1.63. The SMILES string of the molecule is COC(=O)CN1CCN(C(=O)C(CN)c2ccccc2)CC1.Cl. The molecule has 1 heterocycles. The van der Waals surface area contributed by atoms with Gasteiger partial charge in [0.25, 0.3) is 0 Å². The second-order valence-corrected chi connectivity index (χ2v) is 5.38. The molecule has 0 radical (unpaired) electrons. The number of hydrogen-bond acceptors (Lipinski definition) is 5. The molecule has 0 aliphatic carbocycles. The van der Waals surface area contributed by atoms with Gasteiger partial charge in [-0.05, 0) is 5.56 Å².